The van der Waals surface area contributed by atoms with Crippen molar-refractivity contribution in [3.63, 3.8) is 0 Å². The highest BCUT2D eigenvalue weighted by Crippen LogP contribution is 2.29. The molecule has 0 radical (unpaired) electrons. The lowest BCUT2D eigenvalue weighted by Gasteiger charge is -2.22. The van der Waals surface area contributed by atoms with Crippen LogP contribution in [0, 0.1) is 0 Å². The zero-order valence-electron chi connectivity index (χ0n) is 15.0. The van der Waals surface area contributed by atoms with Crippen LogP contribution in [0.5, 0.6) is 0 Å². The van der Waals surface area contributed by atoms with Crippen molar-refractivity contribution in [1.82, 2.24) is 9.47 Å². The van der Waals surface area contributed by atoms with Crippen molar-refractivity contribution in [3.8, 4) is 0 Å². The fraction of sp³-hybridized carbons (Fsp3) is 0.286. The van der Waals surface area contributed by atoms with Crippen molar-refractivity contribution in [1.29, 1.82) is 0 Å². The number of hydrogen-bond donors (Lipinski definition) is 0. The lowest BCUT2D eigenvalue weighted by molar-refractivity contribution is 0.0748. The van der Waals surface area contributed by atoms with Gasteiger partial charge in [0.1, 0.15) is 0 Å². The van der Waals surface area contributed by atoms with Crippen molar-refractivity contribution >= 4 is 22.5 Å². The zero-order chi connectivity index (χ0) is 17.6. The van der Waals surface area contributed by atoms with Crippen LogP contribution in [-0.2, 0) is 20.0 Å². The second-order valence-corrected chi connectivity index (χ2v) is 6.99. The van der Waals surface area contributed by atoms with E-state index in [0.717, 1.165) is 24.2 Å². The van der Waals surface area contributed by atoms with Crippen LogP contribution in [-0.4, -0.2) is 36.0 Å². The normalized spacial score (nSPS) is 13.8. The summed E-state index contributed by atoms with van der Waals surface area (Å²) in [6.07, 6.45) is 3.10. The highest BCUT2D eigenvalue weighted by molar-refractivity contribution is 5.95. The SMILES string of the molecule is CN(C)c1ccc(C(=O)N2CCc3cn(C)c4cccc(c34)C2)cc1. The Labute approximate surface area is 148 Å². The van der Waals surface area contributed by atoms with Gasteiger partial charge < -0.3 is 14.4 Å². The number of anilines is 1. The van der Waals surface area contributed by atoms with Gasteiger partial charge in [-0.25, -0.2) is 0 Å². The molecule has 3 aromatic rings. The van der Waals surface area contributed by atoms with E-state index in [-0.39, 0.29) is 5.91 Å². The molecule has 1 aliphatic heterocycles. The van der Waals surface area contributed by atoms with Crippen molar-refractivity contribution in [2.75, 3.05) is 25.5 Å². The summed E-state index contributed by atoms with van der Waals surface area (Å²) in [5.41, 5.74) is 5.68. The second kappa shape index (κ2) is 5.96. The Morgan fingerprint density at radius 1 is 1.04 bits per heavy atom. The summed E-state index contributed by atoms with van der Waals surface area (Å²) in [7, 11) is 6.10. The van der Waals surface area contributed by atoms with Crippen LogP contribution in [0.15, 0.2) is 48.7 Å². The maximum Gasteiger partial charge on any atom is 0.254 e. The number of benzene rings is 2. The second-order valence-electron chi connectivity index (χ2n) is 6.99. The van der Waals surface area contributed by atoms with Crippen LogP contribution in [0.25, 0.3) is 10.9 Å². The standard InChI is InChI=1S/C21H23N3O/c1-22(2)18-9-7-15(8-10-18)21(25)24-12-11-17-13-23(3)19-6-4-5-16(14-24)20(17)19/h4-10,13H,11-12,14H2,1-3H3. The van der Waals surface area contributed by atoms with Crippen LogP contribution < -0.4 is 4.90 Å². The number of rotatable bonds is 2. The van der Waals surface area contributed by atoms with Crippen molar-refractivity contribution in [2.24, 2.45) is 7.05 Å². The molecule has 4 nitrogen and oxygen atoms in total. The zero-order valence-corrected chi connectivity index (χ0v) is 15.0. The van der Waals surface area contributed by atoms with E-state index in [1.165, 1.54) is 22.0 Å². The van der Waals surface area contributed by atoms with E-state index in [1.807, 2.05) is 48.2 Å². The molecule has 0 saturated heterocycles. The van der Waals surface area contributed by atoms with Gasteiger partial charge in [-0.3, -0.25) is 4.79 Å². The van der Waals surface area contributed by atoms with Crippen LogP contribution in [0.2, 0.25) is 0 Å². The summed E-state index contributed by atoms with van der Waals surface area (Å²) in [6, 6.07) is 14.2. The molecule has 1 aliphatic rings. The molecule has 25 heavy (non-hydrogen) atoms. The molecule has 0 bridgehead atoms. The fourth-order valence-corrected chi connectivity index (χ4v) is 3.74. The average Bonchev–Trinajstić information content (AvgIpc) is 2.83. The van der Waals surface area contributed by atoms with Gasteiger partial charge in [0.15, 0.2) is 0 Å². The molecule has 4 heteroatoms. The molecule has 1 aromatic heterocycles. The Hall–Kier alpha value is -2.75. The van der Waals surface area contributed by atoms with E-state index in [2.05, 4.69) is 36.0 Å². The summed E-state index contributed by atoms with van der Waals surface area (Å²) < 4.78 is 2.19. The first kappa shape index (κ1) is 15.8. The molecule has 2 heterocycles. The van der Waals surface area contributed by atoms with Gasteiger partial charge in [-0.05, 0) is 47.9 Å². The quantitative estimate of drug-likeness (QED) is 0.719. The molecule has 0 unspecified atom stereocenters. The third-order valence-electron chi connectivity index (χ3n) is 5.11. The van der Waals surface area contributed by atoms with E-state index >= 15 is 0 Å². The molecule has 0 atom stereocenters. The van der Waals surface area contributed by atoms with Gasteiger partial charge in [-0.1, -0.05) is 12.1 Å². The first-order valence-electron chi connectivity index (χ1n) is 8.67. The molecule has 0 aliphatic carbocycles. The lowest BCUT2D eigenvalue weighted by atomic mass is 10.1. The molecular weight excluding hydrogens is 310 g/mol. The predicted octanol–water partition coefficient (Wildman–Crippen LogP) is 3.44. The molecule has 128 valence electrons. The Kier molecular flexibility index (Phi) is 3.75. The van der Waals surface area contributed by atoms with E-state index in [0.29, 0.717) is 6.54 Å². The van der Waals surface area contributed by atoms with Gasteiger partial charge in [0.2, 0.25) is 0 Å². The molecule has 0 spiro atoms. The molecule has 0 N–H and O–H groups in total. The minimum atomic E-state index is 0.108. The molecule has 0 saturated carbocycles. The Balaban J connectivity index is 1.64. The highest BCUT2D eigenvalue weighted by Gasteiger charge is 2.22. The number of nitrogens with zero attached hydrogens (tertiary/aromatic N) is 3. The van der Waals surface area contributed by atoms with Gasteiger partial charge in [-0.15, -0.1) is 0 Å². The molecule has 4 rings (SSSR count). The number of amides is 1. The number of aromatic nitrogens is 1. The van der Waals surface area contributed by atoms with Gasteiger partial charge in [0.05, 0.1) is 0 Å². The topological polar surface area (TPSA) is 28.5 Å². The maximum absolute atomic E-state index is 13.0. The minimum absolute atomic E-state index is 0.108. The first-order chi connectivity index (χ1) is 12.0. The third-order valence-corrected chi connectivity index (χ3v) is 5.11. The Bertz CT molecular complexity index is 938. The van der Waals surface area contributed by atoms with E-state index < -0.39 is 0 Å². The van der Waals surface area contributed by atoms with Crippen molar-refractivity contribution in [3.05, 3.63) is 65.4 Å². The smallest absolute Gasteiger partial charge is 0.254 e. The van der Waals surface area contributed by atoms with Crippen molar-refractivity contribution < 1.29 is 4.79 Å². The summed E-state index contributed by atoms with van der Waals surface area (Å²) >= 11 is 0. The molecule has 0 fully saturated rings. The number of carbonyl (C=O) groups is 1. The van der Waals surface area contributed by atoms with E-state index in [9.17, 15) is 4.79 Å². The van der Waals surface area contributed by atoms with Crippen LogP contribution in [0.3, 0.4) is 0 Å². The van der Waals surface area contributed by atoms with Gasteiger partial charge in [0.25, 0.3) is 5.91 Å². The fourth-order valence-electron chi connectivity index (χ4n) is 3.74. The summed E-state index contributed by atoms with van der Waals surface area (Å²) in [5.74, 6) is 0.108. The maximum atomic E-state index is 13.0. The van der Waals surface area contributed by atoms with Crippen molar-refractivity contribution in [2.45, 2.75) is 13.0 Å². The van der Waals surface area contributed by atoms with Crippen LogP contribution in [0.4, 0.5) is 5.69 Å². The predicted molar refractivity (Wildman–Crippen MR) is 102 cm³/mol. The molecule has 1 amide bonds. The summed E-state index contributed by atoms with van der Waals surface area (Å²) in [4.78, 5) is 17.0. The van der Waals surface area contributed by atoms with Crippen LogP contribution >= 0.6 is 0 Å². The molecule has 2 aromatic carbocycles. The third kappa shape index (κ3) is 2.68. The van der Waals surface area contributed by atoms with Gasteiger partial charge >= 0.3 is 0 Å². The lowest BCUT2D eigenvalue weighted by Crippen LogP contribution is -2.31. The summed E-state index contributed by atoms with van der Waals surface area (Å²) in [6.45, 7) is 1.42. The van der Waals surface area contributed by atoms with Gasteiger partial charge in [-0.2, -0.15) is 0 Å². The van der Waals surface area contributed by atoms with E-state index in [4.69, 9.17) is 0 Å². The number of aryl methyl sites for hydroxylation is 1. The van der Waals surface area contributed by atoms with E-state index in [1.54, 1.807) is 0 Å². The summed E-state index contributed by atoms with van der Waals surface area (Å²) in [5, 5.41) is 1.32. The minimum Gasteiger partial charge on any atom is -0.378 e. The monoisotopic (exact) mass is 333 g/mol. The Morgan fingerprint density at radius 3 is 2.52 bits per heavy atom. The number of carbonyl (C=O) groups excluding carboxylic acids is 1. The van der Waals surface area contributed by atoms with Gasteiger partial charge in [0, 0.05) is 62.6 Å². The number of hydrogen-bond acceptors (Lipinski definition) is 2. The molecular formula is C21H23N3O. The largest absolute Gasteiger partial charge is 0.378 e. The highest BCUT2D eigenvalue weighted by atomic mass is 16.2. The Morgan fingerprint density at radius 2 is 1.80 bits per heavy atom. The average molecular weight is 333 g/mol. The first-order valence-corrected chi connectivity index (χ1v) is 8.67. The van der Waals surface area contributed by atoms with Crippen LogP contribution in [0.1, 0.15) is 21.5 Å².